The van der Waals surface area contributed by atoms with E-state index >= 15 is 0 Å². The Morgan fingerprint density at radius 1 is 1.12 bits per heavy atom. The molecule has 17 heavy (non-hydrogen) atoms. The number of nitrogens with one attached hydrogen (secondary N) is 1. The molecule has 0 aliphatic heterocycles. The van der Waals surface area contributed by atoms with Crippen molar-refractivity contribution in [2.24, 2.45) is 23.7 Å². The van der Waals surface area contributed by atoms with Gasteiger partial charge in [0.05, 0.1) is 0 Å². The molecule has 3 unspecified atom stereocenters. The van der Waals surface area contributed by atoms with Crippen LogP contribution in [0.4, 0.5) is 0 Å². The first-order valence-corrected chi connectivity index (χ1v) is 7.70. The van der Waals surface area contributed by atoms with Gasteiger partial charge in [0, 0.05) is 19.6 Å². The van der Waals surface area contributed by atoms with Crippen molar-refractivity contribution in [2.75, 3.05) is 33.2 Å². The standard InChI is InChI=1S/C15H28N2/c1-17(7-6-16-10-12-2-3-12)11-15-9-13-4-5-14(15)8-13/h12-16H,2-11H2,1H3. The second kappa shape index (κ2) is 5.27. The molecule has 3 atom stereocenters. The molecule has 1 N–H and O–H groups in total. The molecule has 2 nitrogen and oxygen atoms in total. The summed E-state index contributed by atoms with van der Waals surface area (Å²) in [5, 5.41) is 3.60. The van der Waals surface area contributed by atoms with Crippen LogP contribution >= 0.6 is 0 Å². The molecule has 0 amide bonds. The van der Waals surface area contributed by atoms with Crippen LogP contribution in [-0.2, 0) is 0 Å². The Morgan fingerprint density at radius 2 is 2.00 bits per heavy atom. The Morgan fingerprint density at radius 3 is 2.65 bits per heavy atom. The van der Waals surface area contributed by atoms with E-state index in [-0.39, 0.29) is 0 Å². The van der Waals surface area contributed by atoms with E-state index in [1.54, 1.807) is 6.42 Å². The summed E-state index contributed by atoms with van der Waals surface area (Å²) in [5.74, 6) is 4.24. The van der Waals surface area contributed by atoms with Crippen molar-refractivity contribution in [1.29, 1.82) is 0 Å². The maximum atomic E-state index is 3.60. The Bertz CT molecular complexity index is 249. The van der Waals surface area contributed by atoms with Gasteiger partial charge in [-0.3, -0.25) is 0 Å². The average molecular weight is 236 g/mol. The molecule has 3 fully saturated rings. The predicted molar refractivity (Wildman–Crippen MR) is 72.0 cm³/mol. The Labute approximate surface area is 106 Å². The Balaban J connectivity index is 1.28. The van der Waals surface area contributed by atoms with Crippen molar-refractivity contribution >= 4 is 0 Å². The third-order valence-electron chi connectivity index (χ3n) is 5.23. The highest BCUT2D eigenvalue weighted by atomic mass is 15.1. The van der Waals surface area contributed by atoms with Gasteiger partial charge in [0.15, 0.2) is 0 Å². The molecule has 98 valence electrons. The van der Waals surface area contributed by atoms with Gasteiger partial charge < -0.3 is 10.2 Å². The molecule has 3 aliphatic carbocycles. The monoisotopic (exact) mass is 236 g/mol. The third-order valence-corrected chi connectivity index (χ3v) is 5.23. The minimum absolute atomic E-state index is 1.02. The summed E-state index contributed by atoms with van der Waals surface area (Å²) in [6, 6.07) is 0. The Hall–Kier alpha value is -0.0800. The molecule has 0 saturated heterocycles. The highest BCUT2D eigenvalue weighted by Gasteiger charge is 2.39. The zero-order chi connectivity index (χ0) is 11.7. The summed E-state index contributed by atoms with van der Waals surface area (Å²) in [4.78, 5) is 2.56. The van der Waals surface area contributed by atoms with E-state index in [1.165, 1.54) is 58.3 Å². The molecule has 3 rings (SSSR count). The van der Waals surface area contributed by atoms with Crippen molar-refractivity contribution in [3.05, 3.63) is 0 Å². The number of hydrogen-bond acceptors (Lipinski definition) is 2. The molecule has 3 saturated carbocycles. The smallest absolute Gasteiger partial charge is 0.0104 e. The van der Waals surface area contributed by atoms with Crippen LogP contribution in [0.15, 0.2) is 0 Å². The van der Waals surface area contributed by atoms with Crippen LogP contribution in [0.25, 0.3) is 0 Å². The van der Waals surface area contributed by atoms with E-state index in [0.29, 0.717) is 0 Å². The first-order valence-electron chi connectivity index (χ1n) is 7.70. The molecule has 2 bridgehead atoms. The van der Waals surface area contributed by atoms with E-state index in [1.807, 2.05) is 0 Å². The van der Waals surface area contributed by atoms with Gasteiger partial charge in [-0.05, 0) is 69.4 Å². The van der Waals surface area contributed by atoms with Crippen LogP contribution in [0.1, 0.15) is 38.5 Å². The maximum absolute atomic E-state index is 3.60. The largest absolute Gasteiger partial charge is 0.315 e. The lowest BCUT2D eigenvalue weighted by atomic mass is 9.88. The lowest BCUT2D eigenvalue weighted by molar-refractivity contribution is 0.220. The fourth-order valence-corrected chi connectivity index (χ4v) is 3.99. The summed E-state index contributed by atoms with van der Waals surface area (Å²) in [6.45, 7) is 5.04. The van der Waals surface area contributed by atoms with Crippen molar-refractivity contribution in [3.63, 3.8) is 0 Å². The molecule has 0 spiro atoms. The summed E-state index contributed by atoms with van der Waals surface area (Å²) >= 11 is 0. The number of rotatable bonds is 7. The SMILES string of the molecule is CN(CCNCC1CC1)CC1CC2CCC1C2. The van der Waals surface area contributed by atoms with Crippen LogP contribution < -0.4 is 5.32 Å². The first-order chi connectivity index (χ1) is 8.31. The van der Waals surface area contributed by atoms with Gasteiger partial charge in [-0.25, -0.2) is 0 Å². The van der Waals surface area contributed by atoms with Gasteiger partial charge in [-0.1, -0.05) is 6.42 Å². The van der Waals surface area contributed by atoms with Gasteiger partial charge in [0.25, 0.3) is 0 Å². The molecular formula is C15H28N2. The Kier molecular flexibility index (Phi) is 3.72. The molecule has 0 radical (unpaired) electrons. The summed E-state index contributed by atoms with van der Waals surface area (Å²) in [7, 11) is 2.31. The van der Waals surface area contributed by atoms with E-state index in [9.17, 15) is 0 Å². The fraction of sp³-hybridized carbons (Fsp3) is 1.00. The van der Waals surface area contributed by atoms with Gasteiger partial charge in [0.2, 0.25) is 0 Å². The average Bonchev–Trinajstić information content (AvgIpc) is 2.91. The molecule has 0 aromatic carbocycles. The molecular weight excluding hydrogens is 208 g/mol. The van der Waals surface area contributed by atoms with Crippen LogP contribution in [0.5, 0.6) is 0 Å². The van der Waals surface area contributed by atoms with Crippen molar-refractivity contribution in [3.8, 4) is 0 Å². The van der Waals surface area contributed by atoms with Crippen LogP contribution in [0.2, 0.25) is 0 Å². The topological polar surface area (TPSA) is 15.3 Å². The lowest BCUT2D eigenvalue weighted by Crippen LogP contribution is -2.34. The lowest BCUT2D eigenvalue weighted by Gasteiger charge is -2.27. The first kappa shape index (κ1) is 12.0. The second-order valence-electron chi connectivity index (χ2n) is 6.84. The predicted octanol–water partition coefficient (Wildman–Crippen LogP) is 2.35. The molecule has 2 heteroatoms. The van der Waals surface area contributed by atoms with Gasteiger partial charge >= 0.3 is 0 Å². The van der Waals surface area contributed by atoms with E-state index in [2.05, 4.69) is 17.3 Å². The minimum atomic E-state index is 1.02. The van der Waals surface area contributed by atoms with Crippen LogP contribution in [0.3, 0.4) is 0 Å². The molecule has 0 aromatic heterocycles. The van der Waals surface area contributed by atoms with E-state index in [0.717, 1.165) is 23.7 Å². The number of fused-ring (bicyclic) bond motifs is 2. The highest BCUT2D eigenvalue weighted by molar-refractivity contribution is 4.91. The number of nitrogens with zero attached hydrogens (tertiary/aromatic N) is 1. The quantitative estimate of drug-likeness (QED) is 0.683. The van der Waals surface area contributed by atoms with Crippen molar-refractivity contribution in [1.82, 2.24) is 10.2 Å². The normalized spacial score (nSPS) is 36.0. The number of hydrogen-bond donors (Lipinski definition) is 1. The van der Waals surface area contributed by atoms with Gasteiger partial charge in [0.1, 0.15) is 0 Å². The zero-order valence-electron chi connectivity index (χ0n) is 11.3. The second-order valence-corrected chi connectivity index (χ2v) is 6.84. The zero-order valence-corrected chi connectivity index (χ0v) is 11.3. The van der Waals surface area contributed by atoms with Gasteiger partial charge in [-0.15, -0.1) is 0 Å². The highest BCUT2D eigenvalue weighted by Crippen LogP contribution is 2.48. The number of likely N-dealkylation sites (N-methyl/N-ethyl adjacent to an activating group) is 1. The van der Waals surface area contributed by atoms with E-state index < -0.39 is 0 Å². The molecule has 0 aromatic rings. The van der Waals surface area contributed by atoms with Crippen LogP contribution in [-0.4, -0.2) is 38.1 Å². The van der Waals surface area contributed by atoms with Crippen molar-refractivity contribution < 1.29 is 0 Å². The molecule has 0 heterocycles. The summed E-state index contributed by atoms with van der Waals surface area (Å²) in [5.41, 5.74) is 0. The molecule has 3 aliphatic rings. The maximum Gasteiger partial charge on any atom is 0.0104 e. The third kappa shape index (κ3) is 3.23. The summed E-state index contributed by atoms with van der Waals surface area (Å²) < 4.78 is 0. The fourth-order valence-electron chi connectivity index (χ4n) is 3.99. The van der Waals surface area contributed by atoms with E-state index in [4.69, 9.17) is 0 Å². The van der Waals surface area contributed by atoms with Crippen molar-refractivity contribution in [2.45, 2.75) is 38.5 Å². The van der Waals surface area contributed by atoms with Crippen LogP contribution in [0, 0.1) is 23.7 Å². The summed E-state index contributed by atoms with van der Waals surface area (Å²) in [6.07, 6.45) is 9.09. The minimum Gasteiger partial charge on any atom is -0.315 e. The van der Waals surface area contributed by atoms with Gasteiger partial charge in [-0.2, -0.15) is 0 Å².